The molecule has 2 N–H and O–H groups in total. The van der Waals surface area contributed by atoms with E-state index < -0.39 is 0 Å². The molecule has 0 fully saturated rings. The van der Waals surface area contributed by atoms with Crippen LogP contribution < -0.4 is 0 Å². The third kappa shape index (κ3) is 5.53. The van der Waals surface area contributed by atoms with Crippen LogP contribution in [-0.4, -0.2) is 16.8 Å². The van der Waals surface area contributed by atoms with E-state index >= 15 is 0 Å². The van der Waals surface area contributed by atoms with Crippen LogP contribution in [0.1, 0.15) is 31.7 Å². The molecule has 1 rings (SSSR count). The molecule has 0 aliphatic carbocycles. The molecule has 0 bridgehead atoms. The van der Waals surface area contributed by atoms with Crippen LogP contribution in [0, 0.1) is 12.3 Å². The second-order valence-electron chi connectivity index (χ2n) is 4.25. The van der Waals surface area contributed by atoms with Crippen LogP contribution in [0.3, 0.4) is 0 Å². The summed E-state index contributed by atoms with van der Waals surface area (Å²) in [5.74, 6) is 3.09. The Morgan fingerprint density at radius 2 is 2.15 bits per heavy atom. The van der Waals surface area contributed by atoms with E-state index in [1.807, 2.05) is 25.2 Å². The van der Waals surface area contributed by atoms with E-state index in [2.05, 4.69) is 5.92 Å². The standard InChI is InChI=1S/C17H20O3/c1-3-5-6-12-20-15(7-4-2)10-8-14-9-11-16(18)17(19)13-14/h1,7-11,13,18-19H,4-6,12H2,2H3/b10-8+,15-7?. The van der Waals surface area contributed by atoms with Crippen LogP contribution in [0.5, 0.6) is 11.5 Å². The largest absolute Gasteiger partial charge is 0.504 e. The molecule has 0 radical (unpaired) electrons. The third-order valence-electron chi connectivity index (χ3n) is 2.58. The Kier molecular flexibility index (Phi) is 6.84. The zero-order valence-electron chi connectivity index (χ0n) is 11.7. The number of ether oxygens (including phenoxy) is 1. The first-order valence-corrected chi connectivity index (χ1v) is 6.63. The molecule has 1 aromatic carbocycles. The summed E-state index contributed by atoms with van der Waals surface area (Å²) < 4.78 is 5.63. The van der Waals surface area contributed by atoms with Crippen molar-refractivity contribution in [3.63, 3.8) is 0 Å². The summed E-state index contributed by atoms with van der Waals surface area (Å²) in [6, 6.07) is 4.66. The highest BCUT2D eigenvalue weighted by Gasteiger charge is 1.98. The molecule has 3 nitrogen and oxygen atoms in total. The Hall–Kier alpha value is -2.34. The molecule has 0 saturated carbocycles. The SMILES string of the molecule is C#CCCCOC(=CCC)/C=C/c1ccc(O)c(O)c1. The fraction of sp³-hybridized carbons (Fsp3) is 0.294. The number of benzene rings is 1. The molecule has 0 heterocycles. The predicted octanol–water partition coefficient (Wildman–Crippen LogP) is 3.83. The van der Waals surface area contributed by atoms with Crippen molar-refractivity contribution < 1.29 is 14.9 Å². The number of terminal acetylenes is 1. The third-order valence-corrected chi connectivity index (χ3v) is 2.58. The number of phenols is 2. The summed E-state index contributed by atoms with van der Waals surface area (Å²) in [6.45, 7) is 2.62. The zero-order valence-corrected chi connectivity index (χ0v) is 11.7. The van der Waals surface area contributed by atoms with Gasteiger partial charge in [0, 0.05) is 6.42 Å². The first kappa shape index (κ1) is 15.7. The van der Waals surface area contributed by atoms with Gasteiger partial charge in [-0.3, -0.25) is 0 Å². The average molecular weight is 272 g/mol. The van der Waals surface area contributed by atoms with Gasteiger partial charge in [-0.2, -0.15) is 0 Å². The van der Waals surface area contributed by atoms with Gasteiger partial charge in [0.1, 0.15) is 5.76 Å². The van der Waals surface area contributed by atoms with Gasteiger partial charge >= 0.3 is 0 Å². The second kappa shape index (κ2) is 8.71. The van der Waals surface area contributed by atoms with Crippen molar-refractivity contribution in [1.82, 2.24) is 0 Å². The smallest absolute Gasteiger partial charge is 0.157 e. The van der Waals surface area contributed by atoms with Crippen molar-refractivity contribution in [3.8, 4) is 23.8 Å². The van der Waals surface area contributed by atoms with Crippen molar-refractivity contribution >= 4 is 6.08 Å². The number of aromatic hydroxyl groups is 2. The van der Waals surface area contributed by atoms with Crippen LogP contribution >= 0.6 is 0 Å². The summed E-state index contributed by atoms with van der Waals surface area (Å²) in [5.41, 5.74) is 0.787. The Labute approximate surface area is 120 Å². The number of hydrogen-bond acceptors (Lipinski definition) is 3. The molecule has 0 aliphatic heterocycles. The van der Waals surface area contributed by atoms with Crippen molar-refractivity contribution in [2.45, 2.75) is 26.2 Å². The van der Waals surface area contributed by atoms with Crippen LogP contribution in [0.2, 0.25) is 0 Å². The Morgan fingerprint density at radius 3 is 2.80 bits per heavy atom. The molecule has 0 spiro atoms. The topological polar surface area (TPSA) is 49.7 Å². The van der Waals surface area contributed by atoms with Crippen molar-refractivity contribution in [1.29, 1.82) is 0 Å². The second-order valence-corrected chi connectivity index (χ2v) is 4.25. The van der Waals surface area contributed by atoms with Crippen molar-refractivity contribution in [2.24, 2.45) is 0 Å². The summed E-state index contributed by atoms with van der Waals surface area (Å²) >= 11 is 0. The molecule has 106 valence electrons. The van der Waals surface area contributed by atoms with Gasteiger partial charge in [-0.15, -0.1) is 12.3 Å². The fourth-order valence-corrected chi connectivity index (χ4v) is 1.56. The molecule has 0 amide bonds. The zero-order chi connectivity index (χ0) is 14.8. The summed E-state index contributed by atoms with van der Waals surface area (Å²) in [7, 11) is 0. The summed E-state index contributed by atoms with van der Waals surface area (Å²) in [5, 5.41) is 18.7. The van der Waals surface area contributed by atoms with Gasteiger partial charge in [0.2, 0.25) is 0 Å². The van der Waals surface area contributed by atoms with E-state index in [0.717, 1.165) is 24.2 Å². The van der Waals surface area contributed by atoms with Gasteiger partial charge in [-0.25, -0.2) is 0 Å². The Balaban J connectivity index is 2.65. The first-order valence-electron chi connectivity index (χ1n) is 6.63. The predicted molar refractivity (Wildman–Crippen MR) is 81.2 cm³/mol. The molecule has 0 unspecified atom stereocenters. The normalized spacial score (nSPS) is 11.5. The first-order chi connectivity index (χ1) is 9.67. The average Bonchev–Trinajstić information content (AvgIpc) is 2.44. The monoisotopic (exact) mass is 272 g/mol. The highest BCUT2D eigenvalue weighted by atomic mass is 16.5. The molecule has 0 aliphatic rings. The minimum Gasteiger partial charge on any atom is -0.504 e. The molecule has 0 aromatic heterocycles. The number of unbranched alkanes of at least 4 members (excludes halogenated alkanes) is 1. The summed E-state index contributed by atoms with van der Waals surface area (Å²) in [6.07, 6.45) is 13.2. The van der Waals surface area contributed by atoms with Crippen molar-refractivity contribution in [2.75, 3.05) is 6.61 Å². The number of hydrogen-bond donors (Lipinski definition) is 2. The molecular weight excluding hydrogens is 252 g/mol. The van der Waals surface area contributed by atoms with Gasteiger partial charge in [-0.05, 0) is 42.7 Å². The van der Waals surface area contributed by atoms with E-state index in [-0.39, 0.29) is 11.5 Å². The quantitative estimate of drug-likeness (QED) is 0.261. The molecule has 1 aromatic rings. The summed E-state index contributed by atoms with van der Waals surface area (Å²) in [4.78, 5) is 0. The number of phenolic OH excluding ortho intramolecular Hbond substituents is 2. The Morgan fingerprint density at radius 1 is 1.35 bits per heavy atom. The van der Waals surface area contributed by atoms with E-state index in [1.54, 1.807) is 6.07 Å². The minimum atomic E-state index is -0.136. The lowest BCUT2D eigenvalue weighted by Gasteiger charge is -2.06. The van der Waals surface area contributed by atoms with Crippen LogP contribution in [0.4, 0.5) is 0 Å². The van der Waals surface area contributed by atoms with Crippen molar-refractivity contribution in [3.05, 3.63) is 41.7 Å². The van der Waals surface area contributed by atoms with E-state index in [4.69, 9.17) is 11.2 Å². The number of allylic oxidation sites excluding steroid dienone is 2. The fourth-order valence-electron chi connectivity index (χ4n) is 1.56. The van der Waals surface area contributed by atoms with E-state index in [9.17, 15) is 10.2 Å². The maximum atomic E-state index is 9.42. The molecule has 3 heteroatoms. The van der Waals surface area contributed by atoms with Crippen LogP contribution in [0.25, 0.3) is 6.08 Å². The highest BCUT2D eigenvalue weighted by Crippen LogP contribution is 2.25. The number of rotatable bonds is 7. The Bertz CT molecular complexity index is 522. The minimum absolute atomic E-state index is 0.128. The van der Waals surface area contributed by atoms with Gasteiger partial charge in [-0.1, -0.05) is 19.1 Å². The van der Waals surface area contributed by atoms with Gasteiger partial charge in [0.25, 0.3) is 0 Å². The van der Waals surface area contributed by atoms with E-state index in [1.165, 1.54) is 12.1 Å². The maximum absolute atomic E-state index is 9.42. The maximum Gasteiger partial charge on any atom is 0.157 e. The molecule has 0 saturated heterocycles. The van der Waals surface area contributed by atoms with E-state index in [0.29, 0.717) is 13.0 Å². The van der Waals surface area contributed by atoms with Gasteiger partial charge in [0.05, 0.1) is 6.61 Å². The highest BCUT2D eigenvalue weighted by molar-refractivity contribution is 5.56. The molecule has 20 heavy (non-hydrogen) atoms. The van der Waals surface area contributed by atoms with Crippen LogP contribution in [-0.2, 0) is 4.74 Å². The van der Waals surface area contributed by atoms with Gasteiger partial charge in [0.15, 0.2) is 11.5 Å². The molecule has 0 atom stereocenters. The van der Waals surface area contributed by atoms with Gasteiger partial charge < -0.3 is 14.9 Å². The molecular formula is C17H20O3. The lowest BCUT2D eigenvalue weighted by Crippen LogP contribution is -1.92. The lowest BCUT2D eigenvalue weighted by molar-refractivity contribution is 0.221. The van der Waals surface area contributed by atoms with Crippen LogP contribution in [0.15, 0.2) is 36.1 Å². The lowest BCUT2D eigenvalue weighted by atomic mass is 10.2.